The van der Waals surface area contributed by atoms with E-state index in [1.165, 1.54) is 6.20 Å². The third-order valence-electron chi connectivity index (χ3n) is 2.37. The maximum atomic E-state index is 11.7. The molecule has 6 heteroatoms. The van der Waals surface area contributed by atoms with Gasteiger partial charge >= 0.3 is 5.97 Å². The van der Waals surface area contributed by atoms with Gasteiger partial charge in [-0.05, 0) is 12.1 Å². The van der Waals surface area contributed by atoms with Crippen molar-refractivity contribution in [1.29, 1.82) is 0 Å². The van der Waals surface area contributed by atoms with E-state index in [-0.39, 0.29) is 5.56 Å². The second kappa shape index (κ2) is 4.21. The third kappa shape index (κ3) is 1.80. The number of ketones is 1. The summed E-state index contributed by atoms with van der Waals surface area (Å²) >= 11 is 3.27. The lowest BCUT2D eigenvalue weighted by Gasteiger charge is -1.98. The van der Waals surface area contributed by atoms with Crippen LogP contribution in [0.2, 0.25) is 0 Å². The molecule has 1 aromatic heterocycles. The van der Waals surface area contributed by atoms with Crippen molar-refractivity contribution >= 4 is 38.6 Å². The number of rotatable bonds is 2. The summed E-state index contributed by atoms with van der Waals surface area (Å²) in [6.07, 6.45) is 1.19. The second-order valence-corrected chi connectivity index (χ2v) is 4.20. The van der Waals surface area contributed by atoms with Crippen molar-refractivity contribution in [1.82, 2.24) is 4.73 Å². The molecule has 88 valence electrons. The number of Topliss-reactive ketones (excluding diaryl/α,β-unsaturated/α-hetero) is 1. The molecule has 5 nitrogen and oxygen atoms in total. The van der Waals surface area contributed by atoms with Crippen molar-refractivity contribution in [2.75, 3.05) is 7.11 Å². The van der Waals surface area contributed by atoms with E-state index in [4.69, 9.17) is 0 Å². The highest BCUT2D eigenvalue weighted by molar-refractivity contribution is 9.10. The number of hydrogen-bond donors (Lipinski definition) is 1. The number of fused-ring (bicyclic) bond motifs is 1. The van der Waals surface area contributed by atoms with Crippen LogP contribution < -0.4 is 0 Å². The molecular formula is C11H8BrNO4. The maximum absolute atomic E-state index is 11.7. The molecule has 0 atom stereocenters. The highest BCUT2D eigenvalue weighted by atomic mass is 79.9. The van der Waals surface area contributed by atoms with E-state index in [1.54, 1.807) is 18.2 Å². The molecule has 0 amide bonds. The number of carbonyl (C=O) groups excluding carboxylic acids is 2. The van der Waals surface area contributed by atoms with E-state index >= 15 is 0 Å². The van der Waals surface area contributed by atoms with E-state index < -0.39 is 11.8 Å². The van der Waals surface area contributed by atoms with E-state index in [1.807, 2.05) is 0 Å². The number of methoxy groups -OCH3 is 1. The van der Waals surface area contributed by atoms with E-state index in [2.05, 4.69) is 20.7 Å². The molecule has 0 bridgehead atoms. The first-order chi connectivity index (χ1) is 8.06. The largest absolute Gasteiger partial charge is 0.463 e. The Kier molecular flexibility index (Phi) is 2.89. The number of ether oxygens (including phenoxy) is 1. The first kappa shape index (κ1) is 11.7. The molecule has 17 heavy (non-hydrogen) atoms. The fourth-order valence-corrected chi connectivity index (χ4v) is 2.17. The van der Waals surface area contributed by atoms with Crippen molar-refractivity contribution < 1.29 is 19.5 Å². The number of nitrogens with zero attached hydrogens (tertiary/aromatic N) is 1. The number of esters is 1. The van der Waals surface area contributed by atoms with Gasteiger partial charge in [-0.15, -0.1) is 0 Å². The third-order valence-corrected chi connectivity index (χ3v) is 3.04. The molecule has 0 aliphatic carbocycles. The minimum Gasteiger partial charge on any atom is -0.463 e. The highest BCUT2D eigenvalue weighted by Gasteiger charge is 2.23. The first-order valence-electron chi connectivity index (χ1n) is 4.67. The standard InChI is InChI=1S/C11H8BrNO4/c1-17-11(15)10(14)6-5-13(16)8-4-2-3-7(12)9(6)8/h2-5,16H,1H3. The lowest BCUT2D eigenvalue weighted by Crippen LogP contribution is -2.15. The molecule has 0 saturated heterocycles. The van der Waals surface area contributed by atoms with Gasteiger partial charge in [-0.3, -0.25) is 4.79 Å². The van der Waals surface area contributed by atoms with Crippen molar-refractivity contribution in [3.8, 4) is 0 Å². The predicted octanol–water partition coefficient (Wildman–Crippen LogP) is 2.00. The first-order valence-corrected chi connectivity index (χ1v) is 5.47. The maximum Gasteiger partial charge on any atom is 0.379 e. The van der Waals surface area contributed by atoms with Crippen LogP contribution in [-0.4, -0.2) is 28.8 Å². The highest BCUT2D eigenvalue weighted by Crippen LogP contribution is 2.28. The molecule has 0 aliphatic rings. The van der Waals surface area contributed by atoms with Crippen LogP contribution in [0.4, 0.5) is 0 Å². The van der Waals surface area contributed by atoms with Gasteiger partial charge in [0.15, 0.2) is 0 Å². The van der Waals surface area contributed by atoms with Crippen molar-refractivity contribution in [2.45, 2.75) is 0 Å². The van der Waals surface area contributed by atoms with Crippen molar-refractivity contribution in [2.24, 2.45) is 0 Å². The average molecular weight is 298 g/mol. The second-order valence-electron chi connectivity index (χ2n) is 3.34. The Labute approximate surface area is 105 Å². The number of benzene rings is 1. The van der Waals surface area contributed by atoms with Crippen LogP contribution in [0.3, 0.4) is 0 Å². The van der Waals surface area contributed by atoms with Crippen LogP contribution in [0, 0.1) is 0 Å². The molecule has 0 unspecified atom stereocenters. The Morgan fingerprint density at radius 1 is 1.41 bits per heavy atom. The van der Waals surface area contributed by atoms with Gasteiger partial charge in [-0.1, -0.05) is 22.0 Å². The molecular weight excluding hydrogens is 290 g/mol. The number of aromatic nitrogens is 1. The minimum atomic E-state index is -0.965. The van der Waals surface area contributed by atoms with Crippen molar-refractivity contribution in [3.05, 3.63) is 34.4 Å². The SMILES string of the molecule is COC(=O)C(=O)c1cn(O)c2cccc(Br)c12. The molecule has 0 saturated carbocycles. The van der Waals surface area contributed by atoms with E-state index in [9.17, 15) is 14.8 Å². The Bertz CT molecular complexity index is 617. The van der Waals surface area contributed by atoms with Gasteiger partial charge in [0.2, 0.25) is 0 Å². The van der Waals surface area contributed by atoms with E-state index in [0.717, 1.165) is 11.8 Å². The van der Waals surface area contributed by atoms with Gasteiger partial charge in [-0.25, -0.2) is 4.79 Å². The van der Waals surface area contributed by atoms with Crippen LogP contribution >= 0.6 is 15.9 Å². The summed E-state index contributed by atoms with van der Waals surface area (Å²) in [4.78, 5) is 22.9. The molecule has 1 N–H and O–H groups in total. The fourth-order valence-electron chi connectivity index (χ4n) is 1.60. The van der Waals surface area contributed by atoms with Gasteiger partial charge in [0.05, 0.1) is 24.4 Å². The van der Waals surface area contributed by atoms with E-state index in [0.29, 0.717) is 15.4 Å². The van der Waals surface area contributed by atoms with Gasteiger partial charge < -0.3 is 9.94 Å². The number of halogens is 1. The minimum absolute atomic E-state index is 0.0989. The Balaban J connectivity index is 2.71. The zero-order valence-corrected chi connectivity index (χ0v) is 10.4. The quantitative estimate of drug-likeness (QED) is 0.398. The molecule has 0 aliphatic heterocycles. The summed E-state index contributed by atoms with van der Waals surface area (Å²) in [6.45, 7) is 0. The monoisotopic (exact) mass is 297 g/mol. The summed E-state index contributed by atoms with van der Waals surface area (Å²) < 4.78 is 5.79. The summed E-state index contributed by atoms with van der Waals surface area (Å²) in [5, 5.41) is 10.1. The average Bonchev–Trinajstić information content (AvgIpc) is 2.66. The molecule has 1 heterocycles. The predicted molar refractivity (Wildman–Crippen MR) is 63.2 cm³/mol. The fraction of sp³-hybridized carbons (Fsp3) is 0.0909. The topological polar surface area (TPSA) is 68.5 Å². The number of hydrogen-bond acceptors (Lipinski definition) is 4. The Hall–Kier alpha value is -1.82. The molecule has 2 aromatic rings. The smallest absolute Gasteiger partial charge is 0.379 e. The van der Waals surface area contributed by atoms with Crippen molar-refractivity contribution in [3.63, 3.8) is 0 Å². The summed E-state index contributed by atoms with van der Waals surface area (Å²) in [5.74, 6) is -1.76. The van der Waals surface area contributed by atoms with Crippen LogP contribution in [0.1, 0.15) is 10.4 Å². The van der Waals surface area contributed by atoms with Crippen LogP contribution in [0.25, 0.3) is 10.9 Å². The summed E-state index contributed by atoms with van der Waals surface area (Å²) in [6, 6.07) is 5.07. The molecule has 0 spiro atoms. The molecule has 0 radical (unpaired) electrons. The van der Waals surface area contributed by atoms with Crippen LogP contribution in [0.5, 0.6) is 0 Å². The number of carbonyl (C=O) groups is 2. The lowest BCUT2D eigenvalue weighted by molar-refractivity contribution is -0.135. The normalized spacial score (nSPS) is 10.5. The molecule has 1 aromatic carbocycles. The molecule has 2 rings (SSSR count). The zero-order valence-electron chi connectivity index (χ0n) is 8.81. The Morgan fingerprint density at radius 3 is 2.76 bits per heavy atom. The summed E-state index contributed by atoms with van der Waals surface area (Å²) in [5.41, 5.74) is 0.536. The van der Waals surface area contributed by atoms with Gasteiger partial charge in [-0.2, -0.15) is 4.73 Å². The van der Waals surface area contributed by atoms with Gasteiger partial charge in [0.25, 0.3) is 5.78 Å². The van der Waals surface area contributed by atoms with Crippen LogP contribution in [0.15, 0.2) is 28.9 Å². The Morgan fingerprint density at radius 2 is 2.12 bits per heavy atom. The molecule has 0 fully saturated rings. The summed E-state index contributed by atoms with van der Waals surface area (Å²) in [7, 11) is 1.13. The lowest BCUT2D eigenvalue weighted by atomic mass is 10.1. The van der Waals surface area contributed by atoms with Gasteiger partial charge in [0, 0.05) is 9.86 Å². The van der Waals surface area contributed by atoms with Gasteiger partial charge in [0.1, 0.15) is 0 Å². The van der Waals surface area contributed by atoms with Crippen LogP contribution in [-0.2, 0) is 9.53 Å². The zero-order chi connectivity index (χ0) is 12.6.